The van der Waals surface area contributed by atoms with Gasteiger partial charge in [-0.15, -0.1) is 0 Å². The molecule has 0 aliphatic heterocycles. The quantitative estimate of drug-likeness (QED) is 0.889. The third kappa shape index (κ3) is 3.08. The SMILES string of the molecule is CCCN(CC(=O)O)c1nc2c(cc1C#N)CCCC2. The summed E-state index contributed by atoms with van der Waals surface area (Å²) in [5.41, 5.74) is 2.65. The molecular weight excluding hydrogens is 254 g/mol. The van der Waals surface area contributed by atoms with Gasteiger partial charge in [0.15, 0.2) is 0 Å². The number of aliphatic carboxylic acids is 1. The average molecular weight is 273 g/mol. The third-order valence-electron chi connectivity index (χ3n) is 3.52. The van der Waals surface area contributed by atoms with Crippen LogP contribution in [0.5, 0.6) is 0 Å². The van der Waals surface area contributed by atoms with Gasteiger partial charge in [-0.05, 0) is 43.7 Å². The van der Waals surface area contributed by atoms with E-state index in [1.807, 2.05) is 13.0 Å². The van der Waals surface area contributed by atoms with E-state index in [-0.39, 0.29) is 6.54 Å². The molecule has 0 unspecified atom stereocenters. The Labute approximate surface area is 118 Å². The van der Waals surface area contributed by atoms with Crippen LogP contribution in [0, 0.1) is 11.3 Å². The van der Waals surface area contributed by atoms with Crippen LogP contribution in [0.4, 0.5) is 5.82 Å². The average Bonchev–Trinajstić information content (AvgIpc) is 2.45. The molecule has 5 nitrogen and oxygen atoms in total. The number of anilines is 1. The molecule has 1 heterocycles. The van der Waals surface area contributed by atoms with Crippen LogP contribution in [-0.4, -0.2) is 29.1 Å². The Bertz CT molecular complexity index is 549. The van der Waals surface area contributed by atoms with Crippen LogP contribution in [-0.2, 0) is 17.6 Å². The zero-order chi connectivity index (χ0) is 14.5. The van der Waals surface area contributed by atoms with E-state index in [0.29, 0.717) is 17.9 Å². The summed E-state index contributed by atoms with van der Waals surface area (Å²) >= 11 is 0. The van der Waals surface area contributed by atoms with Gasteiger partial charge < -0.3 is 10.0 Å². The van der Waals surface area contributed by atoms with E-state index in [1.54, 1.807) is 4.90 Å². The molecule has 2 rings (SSSR count). The summed E-state index contributed by atoms with van der Waals surface area (Å²) in [5, 5.41) is 18.3. The predicted octanol–water partition coefficient (Wildman–Crippen LogP) is 2.13. The highest BCUT2D eigenvalue weighted by Crippen LogP contribution is 2.26. The van der Waals surface area contributed by atoms with Crippen molar-refractivity contribution >= 4 is 11.8 Å². The number of nitrogens with zero attached hydrogens (tertiary/aromatic N) is 3. The molecule has 5 heteroatoms. The van der Waals surface area contributed by atoms with Crippen molar-refractivity contribution < 1.29 is 9.90 Å². The lowest BCUT2D eigenvalue weighted by atomic mass is 9.95. The van der Waals surface area contributed by atoms with E-state index < -0.39 is 5.97 Å². The Kier molecular flexibility index (Phi) is 4.57. The van der Waals surface area contributed by atoms with E-state index in [9.17, 15) is 10.1 Å². The van der Waals surface area contributed by atoms with Crippen LogP contribution in [0.25, 0.3) is 0 Å². The third-order valence-corrected chi connectivity index (χ3v) is 3.52. The molecule has 20 heavy (non-hydrogen) atoms. The normalized spacial score (nSPS) is 13.4. The van der Waals surface area contributed by atoms with Gasteiger partial charge in [0.1, 0.15) is 18.4 Å². The fourth-order valence-electron chi connectivity index (χ4n) is 2.64. The summed E-state index contributed by atoms with van der Waals surface area (Å²) in [6, 6.07) is 4.05. The molecule has 0 spiro atoms. The minimum atomic E-state index is -0.901. The molecule has 0 atom stereocenters. The molecule has 1 aromatic rings. The summed E-state index contributed by atoms with van der Waals surface area (Å²) < 4.78 is 0. The maximum Gasteiger partial charge on any atom is 0.323 e. The largest absolute Gasteiger partial charge is 0.480 e. The first-order valence-corrected chi connectivity index (χ1v) is 7.05. The number of aryl methyl sites for hydroxylation is 2. The second kappa shape index (κ2) is 6.38. The number of fused-ring (bicyclic) bond motifs is 1. The van der Waals surface area contributed by atoms with Crippen molar-refractivity contribution in [1.29, 1.82) is 5.26 Å². The molecule has 0 bridgehead atoms. The van der Waals surface area contributed by atoms with Gasteiger partial charge in [-0.25, -0.2) is 4.98 Å². The van der Waals surface area contributed by atoms with Crippen LogP contribution in [0.3, 0.4) is 0 Å². The minimum absolute atomic E-state index is 0.117. The van der Waals surface area contributed by atoms with Crippen molar-refractivity contribution in [3.63, 3.8) is 0 Å². The molecule has 0 saturated carbocycles. The van der Waals surface area contributed by atoms with Gasteiger partial charge in [-0.1, -0.05) is 6.92 Å². The number of rotatable bonds is 5. The lowest BCUT2D eigenvalue weighted by Gasteiger charge is -2.25. The summed E-state index contributed by atoms with van der Waals surface area (Å²) in [6.07, 6.45) is 4.94. The van der Waals surface area contributed by atoms with Gasteiger partial charge >= 0.3 is 5.97 Å². The zero-order valence-electron chi connectivity index (χ0n) is 11.7. The van der Waals surface area contributed by atoms with E-state index in [0.717, 1.165) is 43.4 Å². The van der Waals surface area contributed by atoms with E-state index in [4.69, 9.17) is 5.11 Å². The number of hydrogen-bond acceptors (Lipinski definition) is 4. The molecule has 0 saturated heterocycles. The molecule has 0 radical (unpaired) electrons. The topological polar surface area (TPSA) is 77.2 Å². The van der Waals surface area contributed by atoms with E-state index >= 15 is 0 Å². The monoisotopic (exact) mass is 273 g/mol. The van der Waals surface area contributed by atoms with Crippen molar-refractivity contribution in [2.24, 2.45) is 0 Å². The summed E-state index contributed by atoms with van der Waals surface area (Å²) in [5.74, 6) is -0.376. The smallest absolute Gasteiger partial charge is 0.323 e. The number of carboxylic acid groups (broad SMARTS) is 1. The van der Waals surface area contributed by atoms with Crippen molar-refractivity contribution in [3.05, 3.63) is 22.9 Å². The first kappa shape index (κ1) is 14.3. The Morgan fingerprint density at radius 3 is 2.90 bits per heavy atom. The number of pyridine rings is 1. The van der Waals surface area contributed by atoms with E-state index in [1.165, 1.54) is 0 Å². The van der Waals surface area contributed by atoms with Crippen molar-refractivity contribution in [2.45, 2.75) is 39.0 Å². The molecule has 0 aromatic carbocycles. The van der Waals surface area contributed by atoms with Crippen molar-refractivity contribution in [1.82, 2.24) is 4.98 Å². The molecular formula is C15H19N3O2. The highest BCUT2D eigenvalue weighted by Gasteiger charge is 2.20. The molecule has 1 aliphatic rings. The molecule has 0 fully saturated rings. The maximum absolute atomic E-state index is 11.0. The van der Waals surface area contributed by atoms with Gasteiger partial charge in [0.2, 0.25) is 0 Å². The molecule has 1 aromatic heterocycles. The van der Waals surface area contributed by atoms with Gasteiger partial charge in [-0.2, -0.15) is 5.26 Å². The summed E-state index contributed by atoms with van der Waals surface area (Å²) in [4.78, 5) is 17.3. The second-order valence-electron chi connectivity index (χ2n) is 5.10. The zero-order valence-corrected chi connectivity index (χ0v) is 11.7. The van der Waals surface area contributed by atoms with Gasteiger partial charge in [0, 0.05) is 12.2 Å². The fourth-order valence-corrected chi connectivity index (χ4v) is 2.64. The summed E-state index contributed by atoms with van der Waals surface area (Å²) in [7, 11) is 0. The first-order valence-electron chi connectivity index (χ1n) is 7.05. The highest BCUT2D eigenvalue weighted by molar-refractivity contribution is 5.74. The van der Waals surface area contributed by atoms with Gasteiger partial charge in [0.25, 0.3) is 0 Å². The lowest BCUT2D eigenvalue weighted by Crippen LogP contribution is -2.32. The fraction of sp³-hybridized carbons (Fsp3) is 0.533. The Balaban J connectivity index is 2.41. The number of aromatic nitrogens is 1. The van der Waals surface area contributed by atoms with Crippen LogP contribution < -0.4 is 4.90 Å². The van der Waals surface area contributed by atoms with E-state index in [2.05, 4.69) is 11.1 Å². The van der Waals surface area contributed by atoms with Crippen molar-refractivity contribution in [2.75, 3.05) is 18.0 Å². The Morgan fingerprint density at radius 2 is 2.25 bits per heavy atom. The standard InChI is InChI=1S/C15H19N3O2/c1-2-7-18(10-14(19)20)15-12(9-16)8-11-5-3-4-6-13(11)17-15/h8H,2-7,10H2,1H3,(H,19,20). The van der Waals surface area contributed by atoms with Gasteiger partial charge in [-0.3, -0.25) is 4.79 Å². The number of nitriles is 1. The van der Waals surface area contributed by atoms with Gasteiger partial charge in [0.05, 0.1) is 5.56 Å². The van der Waals surface area contributed by atoms with Crippen LogP contribution in [0.15, 0.2) is 6.07 Å². The molecule has 1 N–H and O–H groups in total. The maximum atomic E-state index is 11.0. The Morgan fingerprint density at radius 1 is 1.50 bits per heavy atom. The lowest BCUT2D eigenvalue weighted by molar-refractivity contribution is -0.135. The van der Waals surface area contributed by atoms with Crippen LogP contribution in [0.1, 0.15) is 43.0 Å². The molecule has 106 valence electrons. The number of hydrogen-bond donors (Lipinski definition) is 1. The van der Waals surface area contributed by atoms with Crippen LogP contribution in [0.2, 0.25) is 0 Å². The number of carboxylic acids is 1. The highest BCUT2D eigenvalue weighted by atomic mass is 16.4. The van der Waals surface area contributed by atoms with Crippen LogP contribution >= 0.6 is 0 Å². The minimum Gasteiger partial charge on any atom is -0.480 e. The molecule has 1 aliphatic carbocycles. The predicted molar refractivity (Wildman–Crippen MR) is 75.7 cm³/mol. The molecule has 0 amide bonds. The Hall–Kier alpha value is -2.09. The van der Waals surface area contributed by atoms with Crippen molar-refractivity contribution in [3.8, 4) is 6.07 Å². The first-order chi connectivity index (χ1) is 9.65. The summed E-state index contributed by atoms with van der Waals surface area (Å²) in [6.45, 7) is 2.46. The second-order valence-corrected chi connectivity index (χ2v) is 5.10. The number of carbonyl (C=O) groups is 1.